The van der Waals surface area contributed by atoms with Crippen molar-refractivity contribution in [2.75, 3.05) is 11.9 Å². The number of para-hydroxylation sites is 2. The predicted octanol–water partition coefficient (Wildman–Crippen LogP) is 4.23. The number of fused-ring (bicyclic) bond motifs is 1. The van der Waals surface area contributed by atoms with Crippen molar-refractivity contribution in [3.8, 4) is 5.75 Å². The lowest BCUT2D eigenvalue weighted by atomic mass is 10.0. The Bertz CT molecular complexity index is 556. The lowest BCUT2D eigenvalue weighted by molar-refractivity contribution is 0.274. The molecule has 0 bridgehead atoms. The molecule has 0 saturated heterocycles. The van der Waals surface area contributed by atoms with Gasteiger partial charge in [-0.3, -0.25) is 0 Å². The van der Waals surface area contributed by atoms with E-state index in [2.05, 4.69) is 64.3 Å². The Morgan fingerprint density at radius 3 is 2.72 bits per heavy atom. The number of hydrogen-bond acceptors (Lipinski definition) is 2. The molecule has 1 atom stereocenters. The third kappa shape index (κ3) is 2.32. The molecule has 1 heterocycles. The highest BCUT2D eigenvalue weighted by Crippen LogP contribution is 2.34. The van der Waals surface area contributed by atoms with E-state index < -0.39 is 0 Å². The van der Waals surface area contributed by atoms with Crippen LogP contribution in [0.25, 0.3) is 0 Å². The van der Waals surface area contributed by atoms with Gasteiger partial charge in [0.25, 0.3) is 0 Å². The minimum Gasteiger partial charge on any atom is -0.493 e. The molecule has 0 aromatic heterocycles. The number of benzene rings is 2. The monoisotopic (exact) mass is 351 g/mol. The molecular formula is C15H14INO. The molecule has 1 N–H and O–H groups in total. The minimum absolute atomic E-state index is 0.339. The van der Waals surface area contributed by atoms with Crippen LogP contribution in [0.1, 0.15) is 18.0 Å². The molecule has 0 saturated carbocycles. The van der Waals surface area contributed by atoms with Crippen LogP contribution in [-0.2, 0) is 0 Å². The fourth-order valence-corrected chi connectivity index (χ4v) is 2.80. The van der Waals surface area contributed by atoms with E-state index in [-0.39, 0.29) is 0 Å². The Kier molecular flexibility index (Phi) is 3.41. The minimum atomic E-state index is 0.339. The quantitative estimate of drug-likeness (QED) is 0.818. The molecule has 0 aliphatic carbocycles. The lowest BCUT2D eigenvalue weighted by Gasteiger charge is -2.27. The van der Waals surface area contributed by atoms with Crippen LogP contribution in [0, 0.1) is 3.57 Å². The van der Waals surface area contributed by atoms with Crippen LogP contribution in [0.4, 0.5) is 5.69 Å². The Balaban J connectivity index is 1.89. The van der Waals surface area contributed by atoms with Gasteiger partial charge in [0, 0.05) is 21.2 Å². The Morgan fingerprint density at radius 2 is 1.83 bits per heavy atom. The first kappa shape index (κ1) is 11.8. The van der Waals surface area contributed by atoms with Crippen molar-refractivity contribution >= 4 is 28.3 Å². The van der Waals surface area contributed by atoms with Gasteiger partial charge in [-0.05, 0) is 40.8 Å². The number of hydrogen-bond donors (Lipinski definition) is 1. The fourth-order valence-electron chi connectivity index (χ4n) is 2.26. The van der Waals surface area contributed by atoms with E-state index >= 15 is 0 Å². The molecule has 92 valence electrons. The van der Waals surface area contributed by atoms with Crippen LogP contribution in [0.15, 0.2) is 48.5 Å². The molecule has 0 spiro atoms. The van der Waals surface area contributed by atoms with E-state index in [1.807, 2.05) is 12.1 Å². The number of anilines is 1. The van der Waals surface area contributed by atoms with Crippen LogP contribution in [0.2, 0.25) is 0 Å². The molecule has 1 aliphatic heterocycles. The predicted molar refractivity (Wildman–Crippen MR) is 82.1 cm³/mol. The van der Waals surface area contributed by atoms with Crippen LogP contribution in [0.5, 0.6) is 5.75 Å². The highest BCUT2D eigenvalue weighted by molar-refractivity contribution is 14.1. The highest BCUT2D eigenvalue weighted by atomic mass is 127. The van der Waals surface area contributed by atoms with E-state index in [1.165, 1.54) is 14.8 Å². The number of rotatable bonds is 2. The first-order chi connectivity index (χ1) is 8.84. The molecule has 3 rings (SSSR count). The summed E-state index contributed by atoms with van der Waals surface area (Å²) in [5.41, 5.74) is 2.45. The van der Waals surface area contributed by atoms with Gasteiger partial charge in [-0.2, -0.15) is 0 Å². The molecule has 2 nitrogen and oxygen atoms in total. The van der Waals surface area contributed by atoms with Gasteiger partial charge in [-0.25, -0.2) is 0 Å². The third-order valence-electron chi connectivity index (χ3n) is 3.16. The molecular weight excluding hydrogens is 337 g/mol. The van der Waals surface area contributed by atoms with Crippen LogP contribution in [-0.4, -0.2) is 6.61 Å². The Hall–Kier alpha value is -1.23. The van der Waals surface area contributed by atoms with Crippen molar-refractivity contribution in [1.29, 1.82) is 0 Å². The molecule has 0 radical (unpaired) electrons. The summed E-state index contributed by atoms with van der Waals surface area (Å²) in [7, 11) is 0. The maximum atomic E-state index is 5.68. The zero-order chi connectivity index (χ0) is 12.4. The maximum absolute atomic E-state index is 5.68. The zero-order valence-electron chi connectivity index (χ0n) is 9.90. The number of ether oxygens (including phenoxy) is 1. The molecule has 18 heavy (non-hydrogen) atoms. The summed E-state index contributed by atoms with van der Waals surface area (Å²) in [6, 6.07) is 17.0. The molecule has 2 aromatic carbocycles. The summed E-state index contributed by atoms with van der Waals surface area (Å²) in [5.74, 6) is 1.01. The lowest BCUT2D eigenvalue weighted by Crippen LogP contribution is -2.20. The van der Waals surface area contributed by atoms with Gasteiger partial charge in [0.1, 0.15) is 5.75 Å². The van der Waals surface area contributed by atoms with Crippen molar-refractivity contribution in [2.24, 2.45) is 0 Å². The van der Waals surface area contributed by atoms with Crippen molar-refractivity contribution in [3.05, 3.63) is 57.7 Å². The summed E-state index contributed by atoms with van der Waals surface area (Å²) in [4.78, 5) is 0. The maximum Gasteiger partial charge on any atom is 0.124 e. The summed E-state index contributed by atoms with van der Waals surface area (Å²) in [6.45, 7) is 0.776. The van der Waals surface area contributed by atoms with Crippen LogP contribution >= 0.6 is 22.6 Å². The Morgan fingerprint density at radius 1 is 1.06 bits per heavy atom. The van der Waals surface area contributed by atoms with Crippen molar-refractivity contribution < 1.29 is 4.74 Å². The first-order valence-electron chi connectivity index (χ1n) is 6.07. The van der Waals surface area contributed by atoms with E-state index in [0.717, 1.165) is 18.8 Å². The summed E-state index contributed by atoms with van der Waals surface area (Å²) >= 11 is 2.36. The van der Waals surface area contributed by atoms with Gasteiger partial charge < -0.3 is 10.1 Å². The SMILES string of the molecule is Ic1ccccc1NC1CCOc2ccccc21. The fraction of sp³-hybridized carbons (Fsp3) is 0.200. The van der Waals surface area contributed by atoms with Gasteiger partial charge in [0.15, 0.2) is 0 Å². The van der Waals surface area contributed by atoms with E-state index in [4.69, 9.17) is 4.74 Å². The topological polar surface area (TPSA) is 21.3 Å². The summed E-state index contributed by atoms with van der Waals surface area (Å²) in [5, 5.41) is 3.62. The number of halogens is 1. The standard InChI is InChI=1S/C15H14INO/c16-12-6-2-3-7-14(12)17-13-9-10-18-15-8-4-1-5-11(13)15/h1-8,13,17H,9-10H2. The van der Waals surface area contributed by atoms with E-state index in [0.29, 0.717) is 6.04 Å². The first-order valence-corrected chi connectivity index (χ1v) is 7.15. The van der Waals surface area contributed by atoms with E-state index in [9.17, 15) is 0 Å². The molecule has 1 unspecified atom stereocenters. The molecule has 2 aromatic rings. The largest absolute Gasteiger partial charge is 0.493 e. The number of nitrogens with one attached hydrogen (secondary N) is 1. The smallest absolute Gasteiger partial charge is 0.124 e. The van der Waals surface area contributed by atoms with Gasteiger partial charge in [0.2, 0.25) is 0 Å². The molecule has 0 amide bonds. The van der Waals surface area contributed by atoms with Crippen molar-refractivity contribution in [2.45, 2.75) is 12.5 Å². The van der Waals surface area contributed by atoms with Gasteiger partial charge in [-0.1, -0.05) is 30.3 Å². The zero-order valence-corrected chi connectivity index (χ0v) is 12.1. The summed E-state index contributed by atoms with van der Waals surface area (Å²) < 4.78 is 6.93. The normalized spacial score (nSPS) is 17.7. The average molecular weight is 351 g/mol. The van der Waals surface area contributed by atoms with Crippen LogP contribution < -0.4 is 10.1 Å². The average Bonchev–Trinajstić information content (AvgIpc) is 2.42. The molecule has 1 aliphatic rings. The highest BCUT2D eigenvalue weighted by Gasteiger charge is 2.21. The van der Waals surface area contributed by atoms with Crippen LogP contribution in [0.3, 0.4) is 0 Å². The second-order valence-electron chi connectivity index (χ2n) is 4.35. The van der Waals surface area contributed by atoms with Gasteiger partial charge in [-0.15, -0.1) is 0 Å². The Labute approximate surface area is 121 Å². The van der Waals surface area contributed by atoms with E-state index in [1.54, 1.807) is 0 Å². The second kappa shape index (κ2) is 5.18. The second-order valence-corrected chi connectivity index (χ2v) is 5.51. The molecule has 0 fully saturated rings. The van der Waals surface area contributed by atoms with Crippen molar-refractivity contribution in [1.82, 2.24) is 0 Å². The van der Waals surface area contributed by atoms with Gasteiger partial charge >= 0.3 is 0 Å². The third-order valence-corrected chi connectivity index (χ3v) is 4.10. The molecule has 3 heteroatoms. The summed E-state index contributed by atoms with van der Waals surface area (Å²) in [6.07, 6.45) is 1.00. The van der Waals surface area contributed by atoms with Crippen molar-refractivity contribution in [3.63, 3.8) is 0 Å². The van der Waals surface area contributed by atoms with Gasteiger partial charge in [0.05, 0.1) is 12.6 Å².